The molecule has 10 heteroatoms. The number of hydrogen-bond donors (Lipinski definition) is 1. The maximum atomic E-state index is 13.0. The van der Waals surface area contributed by atoms with Crippen LogP contribution in [0.2, 0.25) is 0 Å². The molecule has 3 heterocycles. The Morgan fingerprint density at radius 3 is 2.67 bits per heavy atom. The number of rotatable bonds is 4. The smallest absolute Gasteiger partial charge is 0.262 e. The van der Waals surface area contributed by atoms with Crippen LogP contribution in [0.25, 0.3) is 0 Å². The van der Waals surface area contributed by atoms with E-state index >= 15 is 0 Å². The van der Waals surface area contributed by atoms with Gasteiger partial charge in [0.25, 0.3) is 10.0 Å². The molecule has 1 unspecified atom stereocenters. The molecule has 1 fully saturated rings. The third-order valence-electron chi connectivity index (χ3n) is 4.10. The molecule has 0 aliphatic carbocycles. The van der Waals surface area contributed by atoms with Crippen molar-refractivity contribution in [3.63, 3.8) is 0 Å². The summed E-state index contributed by atoms with van der Waals surface area (Å²) >= 11 is 0. The van der Waals surface area contributed by atoms with Crippen molar-refractivity contribution in [3.8, 4) is 0 Å². The molecule has 2 aromatic heterocycles. The largest absolute Gasteiger partial charge is 0.337 e. The van der Waals surface area contributed by atoms with Gasteiger partial charge in [-0.3, -0.25) is 0 Å². The topological polar surface area (TPSA) is 85.1 Å². The molecule has 3 rings (SSSR count). The van der Waals surface area contributed by atoms with Gasteiger partial charge in [0, 0.05) is 51.3 Å². The summed E-state index contributed by atoms with van der Waals surface area (Å²) in [6.45, 7) is 5.52. The minimum absolute atomic E-state index is 0. The van der Waals surface area contributed by atoms with Crippen LogP contribution in [-0.2, 0) is 17.1 Å². The molecular weight excluding hydrogens is 352 g/mol. The van der Waals surface area contributed by atoms with Crippen molar-refractivity contribution in [1.82, 2.24) is 28.7 Å². The Hall–Kier alpha value is -1.42. The van der Waals surface area contributed by atoms with E-state index in [1.165, 1.54) is 4.31 Å². The van der Waals surface area contributed by atoms with Gasteiger partial charge in [-0.1, -0.05) is 0 Å². The molecule has 1 saturated heterocycles. The molecule has 0 aromatic carbocycles. The number of hydrogen-bond acceptors (Lipinski definition) is 5. The number of imidazole rings is 2. The summed E-state index contributed by atoms with van der Waals surface area (Å²) in [4.78, 5) is 8.43. The van der Waals surface area contributed by atoms with Crippen molar-refractivity contribution in [1.29, 1.82) is 0 Å². The van der Waals surface area contributed by atoms with Crippen LogP contribution in [0, 0.1) is 0 Å². The maximum Gasteiger partial charge on any atom is 0.262 e. The van der Waals surface area contributed by atoms with Gasteiger partial charge >= 0.3 is 0 Å². The minimum atomic E-state index is -3.66. The van der Waals surface area contributed by atoms with Crippen LogP contribution in [0.15, 0.2) is 29.9 Å². The predicted octanol–water partition coefficient (Wildman–Crippen LogP) is 0.955. The van der Waals surface area contributed by atoms with E-state index in [4.69, 9.17) is 0 Å². The van der Waals surface area contributed by atoms with E-state index in [-0.39, 0.29) is 29.5 Å². The quantitative estimate of drug-likeness (QED) is 0.861. The lowest BCUT2D eigenvalue weighted by atomic mass is 10.2. The van der Waals surface area contributed by atoms with Gasteiger partial charge in [0.15, 0.2) is 5.03 Å². The highest BCUT2D eigenvalue weighted by atomic mass is 35.5. The molecule has 24 heavy (non-hydrogen) atoms. The van der Waals surface area contributed by atoms with Crippen molar-refractivity contribution < 1.29 is 8.42 Å². The van der Waals surface area contributed by atoms with Crippen LogP contribution in [0.5, 0.6) is 0 Å². The Balaban J connectivity index is 0.00000208. The fourth-order valence-electron chi connectivity index (χ4n) is 2.75. The molecule has 1 aliphatic heterocycles. The predicted molar refractivity (Wildman–Crippen MR) is 92.6 cm³/mol. The van der Waals surface area contributed by atoms with E-state index in [1.807, 2.05) is 31.7 Å². The van der Waals surface area contributed by atoms with Crippen molar-refractivity contribution in [3.05, 3.63) is 30.7 Å². The lowest BCUT2D eigenvalue weighted by molar-refractivity contribution is 0.257. The van der Waals surface area contributed by atoms with Gasteiger partial charge in [-0.25, -0.2) is 18.4 Å². The summed E-state index contributed by atoms with van der Waals surface area (Å²) in [5.74, 6) is 0.726. The fraction of sp³-hybridized carbons (Fsp3) is 0.571. The zero-order valence-electron chi connectivity index (χ0n) is 14.0. The molecule has 1 atom stereocenters. The molecule has 0 radical (unpaired) electrons. The van der Waals surface area contributed by atoms with Crippen molar-refractivity contribution in [2.45, 2.75) is 31.0 Å². The first kappa shape index (κ1) is 18.9. The number of nitrogens with zero attached hydrogens (tertiary/aromatic N) is 5. The lowest BCUT2D eigenvalue weighted by Crippen LogP contribution is -2.49. The zero-order chi connectivity index (χ0) is 16.6. The molecule has 0 amide bonds. The van der Waals surface area contributed by atoms with Crippen LogP contribution in [0.1, 0.15) is 31.8 Å². The van der Waals surface area contributed by atoms with Gasteiger partial charge in [0.2, 0.25) is 0 Å². The first-order chi connectivity index (χ1) is 10.9. The maximum absolute atomic E-state index is 13.0. The second kappa shape index (κ2) is 7.22. The van der Waals surface area contributed by atoms with E-state index in [9.17, 15) is 8.42 Å². The second-order valence-corrected chi connectivity index (χ2v) is 7.82. The Bertz CT molecular complexity index is 785. The standard InChI is InChI=1S/C14H22N6O2S.ClH/c1-11(2)19-9-13(17-10-19)23(21,22)20-7-4-15-8-12(20)14-16-5-6-18(14)3;/h5-6,9-12,15H,4,7-8H2,1-3H3;1H. The first-order valence-electron chi connectivity index (χ1n) is 7.64. The highest BCUT2D eigenvalue weighted by Crippen LogP contribution is 2.27. The highest BCUT2D eigenvalue weighted by Gasteiger charge is 2.37. The molecule has 134 valence electrons. The van der Waals surface area contributed by atoms with Gasteiger partial charge < -0.3 is 14.5 Å². The van der Waals surface area contributed by atoms with Crippen LogP contribution in [-0.4, -0.2) is 51.5 Å². The molecule has 1 N–H and O–H groups in total. The molecule has 2 aromatic rings. The fourth-order valence-corrected chi connectivity index (χ4v) is 4.26. The van der Waals surface area contributed by atoms with Gasteiger partial charge in [-0.2, -0.15) is 4.31 Å². The number of aryl methyl sites for hydroxylation is 1. The van der Waals surface area contributed by atoms with Crippen LogP contribution in [0.3, 0.4) is 0 Å². The molecule has 0 bridgehead atoms. The van der Waals surface area contributed by atoms with Crippen molar-refractivity contribution >= 4 is 22.4 Å². The number of halogens is 1. The number of aromatic nitrogens is 4. The zero-order valence-corrected chi connectivity index (χ0v) is 15.6. The van der Waals surface area contributed by atoms with Gasteiger partial charge in [-0.05, 0) is 13.8 Å². The summed E-state index contributed by atoms with van der Waals surface area (Å²) in [5, 5.41) is 3.33. The average Bonchev–Trinajstić information content (AvgIpc) is 3.16. The highest BCUT2D eigenvalue weighted by molar-refractivity contribution is 7.89. The molecule has 0 spiro atoms. The van der Waals surface area contributed by atoms with E-state index < -0.39 is 10.0 Å². The van der Waals surface area contributed by atoms with E-state index in [0.29, 0.717) is 19.6 Å². The van der Waals surface area contributed by atoms with Crippen LogP contribution < -0.4 is 5.32 Å². The number of nitrogens with one attached hydrogen (secondary N) is 1. The SMILES string of the molecule is CC(C)n1cnc(S(=O)(=O)N2CCNCC2c2nccn2C)c1.Cl. The Labute approximate surface area is 148 Å². The Morgan fingerprint density at radius 2 is 2.08 bits per heavy atom. The molecule has 1 aliphatic rings. The monoisotopic (exact) mass is 374 g/mol. The summed E-state index contributed by atoms with van der Waals surface area (Å²) in [6, 6.07) is -0.169. The Morgan fingerprint density at radius 1 is 1.33 bits per heavy atom. The van der Waals surface area contributed by atoms with E-state index in [2.05, 4.69) is 15.3 Å². The molecule has 8 nitrogen and oxygen atoms in total. The summed E-state index contributed by atoms with van der Waals surface area (Å²) in [7, 11) is -1.79. The van der Waals surface area contributed by atoms with Gasteiger partial charge in [0.05, 0.1) is 12.4 Å². The van der Waals surface area contributed by atoms with Gasteiger partial charge in [0.1, 0.15) is 5.82 Å². The van der Waals surface area contributed by atoms with Crippen molar-refractivity contribution in [2.24, 2.45) is 7.05 Å². The third-order valence-corrected chi connectivity index (χ3v) is 5.89. The van der Waals surface area contributed by atoms with Crippen LogP contribution in [0.4, 0.5) is 0 Å². The lowest BCUT2D eigenvalue weighted by Gasteiger charge is -2.34. The number of piperazine rings is 1. The van der Waals surface area contributed by atoms with Crippen LogP contribution >= 0.6 is 12.4 Å². The first-order valence-corrected chi connectivity index (χ1v) is 9.08. The Kier molecular flexibility index (Phi) is 5.69. The normalized spacial score (nSPS) is 19.4. The summed E-state index contributed by atoms with van der Waals surface area (Å²) in [6.07, 6.45) is 6.66. The molecular formula is C14H23ClN6O2S. The van der Waals surface area contributed by atoms with Gasteiger partial charge in [-0.15, -0.1) is 12.4 Å². The average molecular weight is 375 g/mol. The second-order valence-electron chi connectivity index (χ2n) is 5.98. The third kappa shape index (κ3) is 3.34. The molecule has 0 saturated carbocycles. The van der Waals surface area contributed by atoms with Crippen molar-refractivity contribution in [2.75, 3.05) is 19.6 Å². The summed E-state index contributed by atoms with van der Waals surface area (Å²) < 4.78 is 31.2. The minimum Gasteiger partial charge on any atom is -0.337 e. The van der Waals surface area contributed by atoms with E-state index in [1.54, 1.807) is 23.3 Å². The summed E-state index contributed by atoms with van der Waals surface area (Å²) in [5.41, 5.74) is 0. The van der Waals surface area contributed by atoms with E-state index in [0.717, 1.165) is 5.82 Å². The number of sulfonamides is 1.